The maximum absolute atomic E-state index is 12.1. The smallest absolute Gasteiger partial charge is 0.410 e. The summed E-state index contributed by atoms with van der Waals surface area (Å²) in [6.45, 7) is 13.0. The van der Waals surface area contributed by atoms with E-state index in [4.69, 9.17) is 10.5 Å². The minimum absolute atomic E-state index is 0.238. The van der Waals surface area contributed by atoms with E-state index in [9.17, 15) is 4.79 Å². The lowest BCUT2D eigenvalue weighted by molar-refractivity contribution is 0.0240. The first-order chi connectivity index (χ1) is 10.7. The summed E-state index contributed by atoms with van der Waals surface area (Å²) in [5.74, 6) is 0. The van der Waals surface area contributed by atoms with E-state index < -0.39 is 5.60 Å². The Bertz CT molecular complexity index is 573. The fraction of sp³-hybridized carbons (Fsp3) is 0.647. The number of piperazine rings is 1. The number of hydrogen-bond donors (Lipinski definition) is 1. The summed E-state index contributed by atoms with van der Waals surface area (Å²) in [7, 11) is 0. The van der Waals surface area contributed by atoms with E-state index in [2.05, 4.69) is 16.0 Å². The van der Waals surface area contributed by atoms with Crippen LogP contribution in [-0.2, 0) is 11.3 Å². The van der Waals surface area contributed by atoms with Crippen molar-refractivity contribution in [3.05, 3.63) is 23.0 Å². The molecule has 6 heteroatoms. The lowest BCUT2D eigenvalue weighted by Crippen LogP contribution is -2.50. The van der Waals surface area contributed by atoms with Crippen LogP contribution in [0.3, 0.4) is 0 Å². The minimum Gasteiger partial charge on any atom is -0.444 e. The topological polar surface area (TPSA) is 71.7 Å². The third kappa shape index (κ3) is 4.34. The summed E-state index contributed by atoms with van der Waals surface area (Å²) in [5, 5.41) is 0. The molecule has 1 aromatic heterocycles. The number of aromatic nitrogens is 1. The first kappa shape index (κ1) is 17.5. The summed E-state index contributed by atoms with van der Waals surface area (Å²) in [6, 6.07) is 2.08. The van der Waals surface area contributed by atoms with Gasteiger partial charge in [0, 0.05) is 55.4 Å². The van der Waals surface area contributed by atoms with Crippen LogP contribution in [-0.4, -0.2) is 47.8 Å². The highest BCUT2D eigenvalue weighted by Crippen LogP contribution is 2.25. The van der Waals surface area contributed by atoms with Crippen LogP contribution in [0.2, 0.25) is 0 Å². The first-order valence-electron chi connectivity index (χ1n) is 8.11. The van der Waals surface area contributed by atoms with Gasteiger partial charge in [-0.1, -0.05) is 0 Å². The molecule has 1 saturated heterocycles. The predicted octanol–water partition coefficient (Wildman–Crippen LogP) is 2.21. The second-order valence-electron chi connectivity index (χ2n) is 7.01. The van der Waals surface area contributed by atoms with Crippen LogP contribution in [0.4, 0.5) is 10.5 Å². The lowest BCUT2D eigenvalue weighted by Gasteiger charge is -2.37. The van der Waals surface area contributed by atoms with Crippen LogP contribution in [0.5, 0.6) is 0 Å². The third-order valence-electron chi connectivity index (χ3n) is 3.91. The van der Waals surface area contributed by atoms with E-state index in [1.54, 1.807) is 4.90 Å². The zero-order chi connectivity index (χ0) is 17.2. The number of carbonyl (C=O) groups excluding carboxylic acids is 1. The van der Waals surface area contributed by atoms with E-state index in [0.717, 1.165) is 35.7 Å². The molecule has 1 aromatic rings. The van der Waals surface area contributed by atoms with Gasteiger partial charge in [0.1, 0.15) is 5.60 Å². The zero-order valence-corrected chi connectivity index (χ0v) is 14.8. The van der Waals surface area contributed by atoms with Crippen LogP contribution in [0.25, 0.3) is 0 Å². The van der Waals surface area contributed by atoms with Crippen molar-refractivity contribution in [1.82, 2.24) is 9.88 Å². The highest BCUT2D eigenvalue weighted by atomic mass is 16.6. The van der Waals surface area contributed by atoms with Gasteiger partial charge in [0.05, 0.1) is 0 Å². The van der Waals surface area contributed by atoms with Crippen molar-refractivity contribution in [2.45, 2.75) is 46.8 Å². The number of ether oxygens (including phenoxy) is 1. The molecule has 0 bridgehead atoms. The molecule has 23 heavy (non-hydrogen) atoms. The molecular formula is C17H28N4O2. The van der Waals surface area contributed by atoms with E-state index in [1.165, 1.54) is 0 Å². The van der Waals surface area contributed by atoms with Crippen LogP contribution in [0.1, 0.15) is 37.7 Å². The van der Waals surface area contributed by atoms with Gasteiger partial charge in [-0.05, 0) is 40.7 Å². The molecule has 2 heterocycles. The van der Waals surface area contributed by atoms with Gasteiger partial charge < -0.3 is 20.3 Å². The highest BCUT2D eigenvalue weighted by molar-refractivity contribution is 5.69. The molecule has 0 aromatic carbocycles. The van der Waals surface area contributed by atoms with Gasteiger partial charge in [0.25, 0.3) is 0 Å². The molecule has 2 rings (SSSR count). The van der Waals surface area contributed by atoms with Crippen molar-refractivity contribution in [2.75, 3.05) is 31.1 Å². The molecular weight excluding hydrogens is 292 g/mol. The van der Waals surface area contributed by atoms with Crippen molar-refractivity contribution >= 4 is 11.8 Å². The summed E-state index contributed by atoms with van der Waals surface area (Å²) in [5.41, 5.74) is 9.64. The highest BCUT2D eigenvalue weighted by Gasteiger charge is 2.27. The molecule has 0 radical (unpaired) electrons. The van der Waals surface area contributed by atoms with Gasteiger partial charge in [-0.2, -0.15) is 0 Å². The van der Waals surface area contributed by atoms with Gasteiger partial charge in [-0.25, -0.2) is 4.79 Å². The van der Waals surface area contributed by atoms with Crippen LogP contribution < -0.4 is 10.6 Å². The summed E-state index contributed by atoms with van der Waals surface area (Å²) in [6.07, 6.45) is -0.238. The Morgan fingerprint density at radius 2 is 1.87 bits per heavy atom. The van der Waals surface area contributed by atoms with Crippen molar-refractivity contribution in [3.8, 4) is 0 Å². The Kier molecular flexibility index (Phi) is 5.14. The van der Waals surface area contributed by atoms with Crippen molar-refractivity contribution in [1.29, 1.82) is 0 Å². The Morgan fingerprint density at radius 1 is 1.26 bits per heavy atom. The normalized spacial score (nSPS) is 15.7. The molecule has 1 aliphatic heterocycles. The molecule has 6 nitrogen and oxygen atoms in total. The monoisotopic (exact) mass is 320 g/mol. The van der Waals surface area contributed by atoms with Crippen LogP contribution in [0, 0.1) is 13.8 Å². The molecule has 0 spiro atoms. The number of nitrogens with zero attached hydrogens (tertiary/aromatic N) is 3. The largest absolute Gasteiger partial charge is 0.444 e. The number of hydrogen-bond acceptors (Lipinski definition) is 5. The number of amides is 1. The first-order valence-corrected chi connectivity index (χ1v) is 8.11. The fourth-order valence-electron chi connectivity index (χ4n) is 2.83. The molecule has 0 atom stereocenters. The number of anilines is 1. The predicted molar refractivity (Wildman–Crippen MR) is 91.6 cm³/mol. The number of nitrogens with two attached hydrogens (primary N) is 1. The van der Waals surface area contributed by atoms with E-state index in [0.29, 0.717) is 19.6 Å². The van der Waals surface area contributed by atoms with Gasteiger partial charge >= 0.3 is 6.09 Å². The molecule has 1 amide bonds. The zero-order valence-electron chi connectivity index (χ0n) is 14.8. The van der Waals surface area contributed by atoms with E-state index in [1.807, 2.05) is 34.6 Å². The molecule has 2 N–H and O–H groups in total. The van der Waals surface area contributed by atoms with E-state index in [-0.39, 0.29) is 6.09 Å². The average molecular weight is 320 g/mol. The number of pyridine rings is 1. The summed E-state index contributed by atoms with van der Waals surface area (Å²) in [4.78, 5) is 20.7. The number of carbonyl (C=O) groups is 1. The Morgan fingerprint density at radius 3 is 2.39 bits per heavy atom. The summed E-state index contributed by atoms with van der Waals surface area (Å²) >= 11 is 0. The second kappa shape index (κ2) is 6.74. The Labute approximate surface area is 138 Å². The SMILES string of the molecule is Cc1cc(N2CCN(C(=O)OC(C)(C)C)CC2)c(CN)c(C)n1. The molecule has 0 aliphatic carbocycles. The number of aryl methyl sites for hydroxylation is 2. The lowest BCUT2D eigenvalue weighted by atomic mass is 10.1. The second-order valence-corrected chi connectivity index (χ2v) is 7.01. The van der Waals surface area contributed by atoms with Gasteiger partial charge in [-0.15, -0.1) is 0 Å². The van der Waals surface area contributed by atoms with Crippen LogP contribution >= 0.6 is 0 Å². The van der Waals surface area contributed by atoms with Gasteiger partial charge in [0.2, 0.25) is 0 Å². The maximum Gasteiger partial charge on any atom is 0.410 e. The van der Waals surface area contributed by atoms with E-state index >= 15 is 0 Å². The summed E-state index contributed by atoms with van der Waals surface area (Å²) < 4.78 is 5.44. The fourth-order valence-corrected chi connectivity index (χ4v) is 2.83. The quantitative estimate of drug-likeness (QED) is 0.904. The average Bonchev–Trinajstić information content (AvgIpc) is 2.45. The van der Waals surface area contributed by atoms with Crippen LogP contribution in [0.15, 0.2) is 6.07 Å². The van der Waals surface area contributed by atoms with Crippen molar-refractivity contribution in [2.24, 2.45) is 5.73 Å². The minimum atomic E-state index is -0.458. The van der Waals surface area contributed by atoms with Crippen molar-refractivity contribution in [3.63, 3.8) is 0 Å². The molecule has 0 saturated carbocycles. The molecule has 0 unspecified atom stereocenters. The number of rotatable bonds is 2. The van der Waals surface area contributed by atoms with Gasteiger partial charge in [-0.3, -0.25) is 4.98 Å². The van der Waals surface area contributed by atoms with Crippen molar-refractivity contribution < 1.29 is 9.53 Å². The molecule has 128 valence electrons. The Hall–Kier alpha value is -1.82. The standard InChI is InChI=1S/C17H28N4O2/c1-12-10-15(14(11-18)13(2)19-12)20-6-8-21(9-7-20)16(22)23-17(3,4)5/h10H,6-9,11,18H2,1-5H3. The van der Waals surface area contributed by atoms with Gasteiger partial charge in [0.15, 0.2) is 0 Å². The maximum atomic E-state index is 12.1. The molecule has 1 aliphatic rings. The Balaban J connectivity index is 2.06. The third-order valence-corrected chi connectivity index (χ3v) is 3.91. The molecule has 1 fully saturated rings.